The fraction of sp³-hybridized carbons (Fsp3) is 0.250. The fourth-order valence-electron chi connectivity index (χ4n) is 2.07. The molecule has 0 radical (unpaired) electrons. The van der Waals surface area contributed by atoms with E-state index in [1.807, 2.05) is 0 Å². The quantitative estimate of drug-likeness (QED) is 0.603. The molecule has 0 aliphatic rings. The molecule has 25 heavy (non-hydrogen) atoms. The van der Waals surface area contributed by atoms with Crippen molar-refractivity contribution in [1.82, 2.24) is 10.3 Å². The molecule has 0 fully saturated rings. The molecule has 1 aromatic carbocycles. The van der Waals surface area contributed by atoms with Crippen molar-refractivity contribution < 1.29 is 14.5 Å². The first-order valence-corrected chi connectivity index (χ1v) is 8.02. The Bertz CT molecular complexity index is 814. The highest BCUT2D eigenvalue weighted by Crippen LogP contribution is 2.26. The Kier molecular flexibility index (Phi) is 6.17. The number of nitrogens with zero attached hydrogens (tertiary/aromatic N) is 2. The van der Waals surface area contributed by atoms with Crippen molar-refractivity contribution >= 4 is 34.9 Å². The Morgan fingerprint density at radius 2 is 2.04 bits per heavy atom. The van der Waals surface area contributed by atoms with Gasteiger partial charge in [0.2, 0.25) is 5.75 Å². The number of hydrogen-bond donors (Lipinski definition) is 1. The van der Waals surface area contributed by atoms with Gasteiger partial charge in [-0.1, -0.05) is 29.3 Å². The highest BCUT2D eigenvalue weighted by molar-refractivity contribution is 6.42. The maximum atomic E-state index is 12.0. The van der Waals surface area contributed by atoms with Gasteiger partial charge >= 0.3 is 5.82 Å². The van der Waals surface area contributed by atoms with Crippen molar-refractivity contribution in [2.24, 2.45) is 0 Å². The van der Waals surface area contributed by atoms with E-state index in [4.69, 9.17) is 27.9 Å². The third kappa shape index (κ3) is 5.04. The topological polar surface area (TPSA) is 94.4 Å². The molecule has 0 bridgehead atoms. The Morgan fingerprint density at radius 1 is 1.32 bits per heavy atom. The van der Waals surface area contributed by atoms with Crippen LogP contribution >= 0.6 is 23.2 Å². The molecule has 0 aliphatic heterocycles. The molecule has 7 nitrogen and oxygen atoms in total. The minimum atomic E-state index is -0.654. The summed E-state index contributed by atoms with van der Waals surface area (Å²) in [5, 5.41) is 14.5. The average molecular weight is 384 g/mol. The lowest BCUT2D eigenvalue weighted by molar-refractivity contribution is -0.390. The zero-order chi connectivity index (χ0) is 18.6. The number of hydrogen-bond acceptors (Lipinski definition) is 5. The second kappa shape index (κ2) is 8.13. The van der Waals surface area contributed by atoms with Crippen molar-refractivity contribution in [3.8, 4) is 5.75 Å². The van der Waals surface area contributed by atoms with E-state index >= 15 is 0 Å². The molecule has 0 unspecified atom stereocenters. The second-order valence-corrected chi connectivity index (χ2v) is 6.10. The third-order valence-electron chi connectivity index (χ3n) is 3.33. The van der Waals surface area contributed by atoms with Gasteiger partial charge in [0.1, 0.15) is 5.69 Å². The molecule has 132 valence electrons. The molecule has 1 N–H and O–H groups in total. The largest absolute Gasteiger partial charge is 0.476 e. The molecule has 1 heterocycles. The summed E-state index contributed by atoms with van der Waals surface area (Å²) in [6.45, 7) is 3.02. The molecule has 1 atom stereocenters. The number of nitrogens with one attached hydrogen (secondary N) is 1. The molecular formula is C16H15Cl2N3O4. The lowest BCUT2D eigenvalue weighted by Gasteiger charge is -2.15. The average Bonchev–Trinajstić information content (AvgIpc) is 2.55. The molecule has 1 amide bonds. The summed E-state index contributed by atoms with van der Waals surface area (Å²) in [5.41, 5.74) is 1.25. The minimum Gasteiger partial charge on any atom is -0.476 e. The van der Waals surface area contributed by atoms with Crippen molar-refractivity contribution in [2.45, 2.75) is 19.9 Å². The highest BCUT2D eigenvalue weighted by Gasteiger charge is 2.19. The van der Waals surface area contributed by atoms with Gasteiger partial charge < -0.3 is 20.2 Å². The van der Waals surface area contributed by atoms with Crippen LogP contribution in [0.1, 0.15) is 24.2 Å². The second-order valence-electron chi connectivity index (χ2n) is 5.28. The first kappa shape index (κ1) is 19.0. The summed E-state index contributed by atoms with van der Waals surface area (Å²) in [6, 6.07) is 7.69. The number of nitro groups is 1. The van der Waals surface area contributed by atoms with Crippen LogP contribution in [0.3, 0.4) is 0 Å². The van der Waals surface area contributed by atoms with Crippen LogP contribution in [0.5, 0.6) is 5.75 Å². The van der Waals surface area contributed by atoms with Crippen LogP contribution in [0.15, 0.2) is 30.3 Å². The first-order valence-electron chi connectivity index (χ1n) is 7.27. The number of carbonyl (C=O) groups is 1. The number of ether oxygens (including phenoxy) is 1. The van der Waals surface area contributed by atoms with E-state index in [1.165, 1.54) is 6.07 Å². The van der Waals surface area contributed by atoms with Crippen molar-refractivity contribution in [3.05, 3.63) is 61.7 Å². The Balaban J connectivity index is 1.99. The smallest absolute Gasteiger partial charge is 0.406 e. The number of halogens is 2. The molecule has 9 heteroatoms. The SMILES string of the molecule is Cc1ccc(OCC(=O)N[C@H](C)c2ccc(Cl)c(Cl)c2)c([N+](=O)[O-])n1. The summed E-state index contributed by atoms with van der Waals surface area (Å²) >= 11 is 11.8. The van der Waals surface area contributed by atoms with Crippen LogP contribution in [-0.4, -0.2) is 22.4 Å². The van der Waals surface area contributed by atoms with Gasteiger partial charge in [-0.15, -0.1) is 0 Å². The summed E-state index contributed by atoms with van der Waals surface area (Å²) in [5.74, 6) is -0.924. The molecule has 0 spiro atoms. The maximum Gasteiger partial charge on any atom is 0.406 e. The maximum absolute atomic E-state index is 12.0. The molecule has 0 saturated carbocycles. The van der Waals surface area contributed by atoms with E-state index in [0.717, 1.165) is 5.56 Å². The van der Waals surface area contributed by atoms with Crippen LogP contribution in [0, 0.1) is 17.0 Å². The van der Waals surface area contributed by atoms with Gasteiger partial charge in [-0.25, -0.2) is 0 Å². The molecule has 1 aromatic heterocycles. The van der Waals surface area contributed by atoms with E-state index < -0.39 is 16.6 Å². The lowest BCUT2D eigenvalue weighted by atomic mass is 10.1. The predicted octanol–water partition coefficient (Wildman–Crippen LogP) is 3.86. The van der Waals surface area contributed by atoms with Crippen LogP contribution in [0.2, 0.25) is 10.0 Å². The van der Waals surface area contributed by atoms with Crippen LogP contribution in [0.4, 0.5) is 5.82 Å². The summed E-state index contributed by atoms with van der Waals surface area (Å²) in [7, 11) is 0. The number of aryl methyl sites for hydroxylation is 1. The number of pyridine rings is 1. The summed E-state index contributed by atoms with van der Waals surface area (Å²) in [6.07, 6.45) is 0. The van der Waals surface area contributed by atoms with Crippen LogP contribution in [-0.2, 0) is 4.79 Å². The summed E-state index contributed by atoms with van der Waals surface area (Å²) < 4.78 is 5.23. The van der Waals surface area contributed by atoms with E-state index in [0.29, 0.717) is 15.7 Å². The molecule has 2 rings (SSSR count). The third-order valence-corrected chi connectivity index (χ3v) is 4.07. The van der Waals surface area contributed by atoms with E-state index in [2.05, 4.69) is 10.3 Å². The van der Waals surface area contributed by atoms with Gasteiger partial charge in [0.15, 0.2) is 6.61 Å². The first-order chi connectivity index (χ1) is 11.8. The number of aromatic nitrogens is 1. The predicted molar refractivity (Wildman–Crippen MR) is 94.1 cm³/mol. The van der Waals surface area contributed by atoms with Crippen molar-refractivity contribution in [3.63, 3.8) is 0 Å². The van der Waals surface area contributed by atoms with Gasteiger partial charge in [-0.2, -0.15) is 0 Å². The molecule has 0 aliphatic carbocycles. The zero-order valence-electron chi connectivity index (χ0n) is 13.5. The minimum absolute atomic E-state index is 0.0621. The van der Waals surface area contributed by atoms with E-state index in [1.54, 1.807) is 38.1 Å². The molecule has 0 saturated heterocycles. The number of amides is 1. The van der Waals surface area contributed by atoms with Crippen LogP contribution < -0.4 is 10.1 Å². The van der Waals surface area contributed by atoms with Gasteiger partial charge in [0.25, 0.3) is 5.91 Å². The van der Waals surface area contributed by atoms with Crippen molar-refractivity contribution in [2.75, 3.05) is 6.61 Å². The highest BCUT2D eigenvalue weighted by atomic mass is 35.5. The van der Waals surface area contributed by atoms with E-state index in [-0.39, 0.29) is 18.4 Å². The normalized spacial score (nSPS) is 11.7. The van der Waals surface area contributed by atoms with Gasteiger partial charge in [0.05, 0.1) is 16.1 Å². The number of carbonyl (C=O) groups excluding carboxylic acids is 1. The molecule has 2 aromatic rings. The van der Waals surface area contributed by atoms with Gasteiger partial charge in [-0.05, 0) is 46.7 Å². The Morgan fingerprint density at radius 3 is 2.68 bits per heavy atom. The Hall–Kier alpha value is -2.38. The van der Waals surface area contributed by atoms with E-state index in [9.17, 15) is 14.9 Å². The lowest BCUT2D eigenvalue weighted by Crippen LogP contribution is -2.31. The van der Waals surface area contributed by atoms with Gasteiger partial charge in [0, 0.05) is 6.92 Å². The number of benzene rings is 1. The van der Waals surface area contributed by atoms with Gasteiger partial charge in [-0.3, -0.25) is 4.79 Å². The Labute approximate surface area is 154 Å². The number of rotatable bonds is 6. The van der Waals surface area contributed by atoms with Crippen molar-refractivity contribution in [1.29, 1.82) is 0 Å². The van der Waals surface area contributed by atoms with Crippen LogP contribution in [0.25, 0.3) is 0 Å². The monoisotopic (exact) mass is 383 g/mol. The summed E-state index contributed by atoms with van der Waals surface area (Å²) in [4.78, 5) is 26.1. The zero-order valence-corrected chi connectivity index (χ0v) is 15.0. The fourth-order valence-corrected chi connectivity index (χ4v) is 2.37. The standard InChI is InChI=1S/C16H15Cl2N3O4/c1-9-3-6-14(16(19-9)21(23)24)25-8-15(22)20-10(2)11-4-5-12(17)13(18)7-11/h3-7,10H,8H2,1-2H3,(H,20,22)/t10-/m1/s1. The molecular weight excluding hydrogens is 369 g/mol.